The maximum absolute atomic E-state index is 13.7. The molecule has 0 aromatic heterocycles. The Morgan fingerprint density at radius 2 is 1.74 bits per heavy atom. The van der Waals surface area contributed by atoms with Crippen LogP contribution in [0.2, 0.25) is 0 Å². The summed E-state index contributed by atoms with van der Waals surface area (Å²) in [5, 5.41) is 33.6. The molecule has 1 aromatic rings. The van der Waals surface area contributed by atoms with E-state index in [-0.39, 0.29) is 11.3 Å². The van der Waals surface area contributed by atoms with Crippen molar-refractivity contribution in [3.05, 3.63) is 28.3 Å². The maximum atomic E-state index is 13.7. The van der Waals surface area contributed by atoms with Crippen LogP contribution in [0.3, 0.4) is 0 Å². The Balaban J connectivity index is 1.94. The highest BCUT2D eigenvalue weighted by molar-refractivity contribution is 6.31. The number of carbonyl (C=O) groups excluding carboxylic acids is 5. The van der Waals surface area contributed by atoms with Gasteiger partial charge in [-0.3, -0.25) is 24.0 Å². The Kier molecular flexibility index (Phi) is 5.20. The quantitative estimate of drug-likeness (QED) is 0.428. The van der Waals surface area contributed by atoms with Gasteiger partial charge in [0, 0.05) is 23.8 Å². The molecule has 9 nitrogen and oxygen atoms in total. The second-order valence-corrected chi connectivity index (χ2v) is 10.9. The number of hydrogen-bond donors (Lipinski definition) is 4. The molecule has 0 bridgehead atoms. The number of rotatable bonds is 1. The third-order valence-electron chi connectivity index (χ3n) is 7.97. The summed E-state index contributed by atoms with van der Waals surface area (Å²) in [5.74, 6) is -12.6. The molecule has 4 rings (SSSR count). The minimum atomic E-state index is -2.91. The van der Waals surface area contributed by atoms with Crippen LogP contribution in [0.25, 0.3) is 0 Å². The van der Waals surface area contributed by atoms with Crippen molar-refractivity contribution in [2.45, 2.75) is 64.1 Å². The Hall–Kier alpha value is -2.91. The number of nitrogens with two attached hydrogens (primary N) is 1. The summed E-state index contributed by atoms with van der Waals surface area (Å²) in [4.78, 5) is 64.6. The number of fused-ring (bicyclic) bond motifs is 3. The molecule has 0 aliphatic heterocycles. The van der Waals surface area contributed by atoms with Crippen LogP contribution in [0.4, 0.5) is 0 Å². The van der Waals surface area contributed by atoms with Crippen molar-refractivity contribution >= 4 is 29.0 Å². The number of aliphatic hydroxyl groups excluding tert-OH is 1. The number of aromatic hydroxyl groups is 1. The van der Waals surface area contributed by atoms with Crippen molar-refractivity contribution in [1.82, 2.24) is 0 Å². The number of primary amides is 1. The Labute approximate surface area is 196 Å². The second kappa shape index (κ2) is 7.29. The number of phenols is 1. The van der Waals surface area contributed by atoms with Gasteiger partial charge in [0.15, 0.2) is 34.7 Å². The standard InChI is InChI=1S/C25H29NO8/c1-8-6-10(24(3,4)5)18(28)16-13(8)9(2)14-17(20(16)30)22(32)25(34)11(19(14)29)7-12(27)15(21(25)31)23(26)33/h6,9,11,14-15,17,19,28-29,34H,7H2,1-5H3,(H2,26,33)/t9-,11+,14+,15?,17?,19+,25+/m0/s1. The molecule has 5 N–H and O–H groups in total. The van der Waals surface area contributed by atoms with Crippen molar-refractivity contribution in [3.63, 3.8) is 0 Å². The van der Waals surface area contributed by atoms with E-state index >= 15 is 0 Å². The van der Waals surface area contributed by atoms with Crippen molar-refractivity contribution in [3.8, 4) is 5.75 Å². The first kappa shape index (κ1) is 24.2. The molecule has 1 aromatic carbocycles. The highest BCUT2D eigenvalue weighted by Gasteiger charge is 2.70. The molecule has 3 aliphatic carbocycles. The zero-order valence-electron chi connectivity index (χ0n) is 19.7. The van der Waals surface area contributed by atoms with Crippen LogP contribution >= 0.6 is 0 Å². The van der Waals surface area contributed by atoms with E-state index in [1.165, 1.54) is 0 Å². The molecule has 34 heavy (non-hydrogen) atoms. The van der Waals surface area contributed by atoms with E-state index in [0.29, 0.717) is 16.7 Å². The second-order valence-electron chi connectivity index (χ2n) is 10.9. The predicted molar refractivity (Wildman–Crippen MR) is 118 cm³/mol. The highest BCUT2D eigenvalue weighted by Crippen LogP contribution is 2.55. The highest BCUT2D eigenvalue weighted by atomic mass is 16.3. The number of hydrogen-bond acceptors (Lipinski definition) is 8. The fourth-order valence-electron chi connectivity index (χ4n) is 6.32. The largest absolute Gasteiger partial charge is 0.507 e. The number of phenolic OH excluding ortho intramolecular Hbond substituents is 1. The smallest absolute Gasteiger partial charge is 0.235 e. The first-order valence-electron chi connectivity index (χ1n) is 11.3. The van der Waals surface area contributed by atoms with Crippen molar-refractivity contribution in [1.29, 1.82) is 0 Å². The van der Waals surface area contributed by atoms with Crippen LogP contribution in [-0.4, -0.2) is 56.1 Å². The number of Topliss-reactive ketones (excluding diaryl/α,β-unsaturated/α-hetero) is 4. The van der Waals surface area contributed by atoms with E-state index in [4.69, 9.17) is 5.73 Å². The average molecular weight is 472 g/mol. The lowest BCUT2D eigenvalue weighted by molar-refractivity contribution is -0.189. The molecule has 1 amide bonds. The van der Waals surface area contributed by atoms with Gasteiger partial charge in [0.05, 0.1) is 17.6 Å². The monoisotopic (exact) mass is 471 g/mol. The molecule has 2 saturated carbocycles. The number of aryl methyl sites for hydroxylation is 1. The fourth-order valence-corrected chi connectivity index (χ4v) is 6.32. The van der Waals surface area contributed by atoms with Crippen LogP contribution < -0.4 is 5.73 Å². The van der Waals surface area contributed by atoms with Gasteiger partial charge in [-0.05, 0) is 29.4 Å². The first-order valence-corrected chi connectivity index (χ1v) is 11.3. The van der Waals surface area contributed by atoms with Crippen molar-refractivity contribution < 1.29 is 39.3 Å². The predicted octanol–water partition coefficient (Wildman–Crippen LogP) is 0.465. The molecule has 182 valence electrons. The number of carbonyl (C=O) groups is 5. The van der Waals surface area contributed by atoms with E-state index in [1.807, 2.05) is 20.8 Å². The molecular formula is C25H29NO8. The van der Waals surface area contributed by atoms with Crippen LogP contribution in [0.15, 0.2) is 6.07 Å². The zero-order valence-corrected chi connectivity index (χ0v) is 19.7. The van der Waals surface area contributed by atoms with E-state index < -0.39 is 82.2 Å². The van der Waals surface area contributed by atoms with Gasteiger partial charge in [0.1, 0.15) is 5.75 Å². The number of aliphatic hydroxyl groups is 2. The molecule has 0 radical (unpaired) electrons. The topological polar surface area (TPSA) is 172 Å². The summed E-state index contributed by atoms with van der Waals surface area (Å²) in [6.07, 6.45) is -2.17. The third kappa shape index (κ3) is 2.89. The number of benzene rings is 1. The Bertz CT molecular complexity index is 1180. The van der Waals surface area contributed by atoms with Gasteiger partial charge in [-0.25, -0.2) is 0 Å². The van der Waals surface area contributed by atoms with E-state index in [0.717, 1.165) is 0 Å². The summed E-state index contributed by atoms with van der Waals surface area (Å²) >= 11 is 0. The summed E-state index contributed by atoms with van der Waals surface area (Å²) in [7, 11) is 0. The van der Waals surface area contributed by atoms with Gasteiger partial charge in [-0.1, -0.05) is 33.8 Å². The van der Waals surface area contributed by atoms with E-state index in [1.54, 1.807) is 19.9 Å². The normalized spacial score (nSPS) is 35.5. The minimum absolute atomic E-state index is 0.0629. The molecule has 0 saturated heterocycles. The van der Waals surface area contributed by atoms with Gasteiger partial charge in [-0.2, -0.15) is 0 Å². The molecule has 9 heteroatoms. The third-order valence-corrected chi connectivity index (χ3v) is 7.97. The lowest BCUT2D eigenvalue weighted by Gasteiger charge is -2.53. The Morgan fingerprint density at radius 1 is 1.15 bits per heavy atom. The minimum Gasteiger partial charge on any atom is -0.507 e. The maximum Gasteiger partial charge on any atom is 0.235 e. The molecule has 7 atom stereocenters. The van der Waals surface area contributed by atoms with Crippen LogP contribution in [0.5, 0.6) is 5.75 Å². The fraction of sp³-hybridized carbons (Fsp3) is 0.560. The van der Waals surface area contributed by atoms with Crippen molar-refractivity contribution in [2.75, 3.05) is 0 Å². The average Bonchev–Trinajstić information content (AvgIpc) is 2.71. The van der Waals surface area contributed by atoms with Gasteiger partial charge in [0.25, 0.3) is 0 Å². The van der Waals surface area contributed by atoms with Gasteiger partial charge in [-0.15, -0.1) is 0 Å². The number of amides is 1. The molecule has 0 heterocycles. The first-order chi connectivity index (χ1) is 15.6. The zero-order chi connectivity index (χ0) is 25.7. The summed E-state index contributed by atoms with van der Waals surface area (Å²) in [5.41, 5.74) is 3.36. The van der Waals surface area contributed by atoms with Crippen LogP contribution in [0.1, 0.15) is 67.1 Å². The van der Waals surface area contributed by atoms with Crippen LogP contribution in [-0.2, 0) is 24.6 Å². The van der Waals surface area contributed by atoms with Gasteiger partial charge < -0.3 is 21.1 Å². The van der Waals surface area contributed by atoms with Gasteiger partial charge >= 0.3 is 0 Å². The molecule has 3 aliphatic rings. The lowest BCUT2D eigenvalue weighted by Crippen LogP contribution is -2.72. The lowest BCUT2D eigenvalue weighted by atomic mass is 9.50. The number of ketones is 4. The summed E-state index contributed by atoms with van der Waals surface area (Å²) in [6.45, 7) is 9.05. The molecule has 2 fully saturated rings. The van der Waals surface area contributed by atoms with E-state index in [2.05, 4.69) is 0 Å². The summed E-state index contributed by atoms with van der Waals surface area (Å²) in [6, 6.07) is 1.77. The molecule has 0 spiro atoms. The van der Waals surface area contributed by atoms with E-state index in [9.17, 15) is 39.3 Å². The molecule has 2 unspecified atom stereocenters. The van der Waals surface area contributed by atoms with Crippen molar-refractivity contribution in [2.24, 2.45) is 29.4 Å². The summed E-state index contributed by atoms with van der Waals surface area (Å²) < 4.78 is 0. The molecular weight excluding hydrogens is 442 g/mol. The Morgan fingerprint density at radius 3 is 2.26 bits per heavy atom. The SMILES string of the molecule is Cc1cc(C(C)(C)C)c(O)c2c1[C@H](C)[C@@H]1C(C2=O)C(=O)[C@]2(O)C(=O)C(C(N)=O)C(=O)C[C@@H]2[C@H]1O. The van der Waals surface area contributed by atoms with Crippen LogP contribution in [0, 0.1) is 30.6 Å². The van der Waals surface area contributed by atoms with Gasteiger partial charge in [0.2, 0.25) is 5.91 Å².